The van der Waals surface area contributed by atoms with Crippen LogP contribution in [0.15, 0.2) is 11.6 Å². The standard InChI is InChI=1S/C13H18O/c1-7-4-9(14)5-8-6-10-12(11(7)8)13(10,2)3/h5,7,10-12H,4,6H2,1-3H3/t7?,10-,11-,12-/m1/s1. The Morgan fingerprint density at radius 2 is 2.07 bits per heavy atom. The van der Waals surface area contributed by atoms with Crippen molar-refractivity contribution in [2.45, 2.75) is 33.6 Å². The molecule has 1 heteroatoms. The Hall–Kier alpha value is -0.590. The molecule has 3 aliphatic carbocycles. The van der Waals surface area contributed by atoms with Gasteiger partial charge in [-0.15, -0.1) is 0 Å². The van der Waals surface area contributed by atoms with Gasteiger partial charge in [-0.1, -0.05) is 26.3 Å². The van der Waals surface area contributed by atoms with E-state index in [4.69, 9.17) is 0 Å². The molecule has 0 aromatic heterocycles. The van der Waals surface area contributed by atoms with Gasteiger partial charge in [0, 0.05) is 6.42 Å². The molecule has 1 nitrogen and oxygen atoms in total. The van der Waals surface area contributed by atoms with E-state index in [1.807, 2.05) is 6.08 Å². The summed E-state index contributed by atoms with van der Waals surface area (Å²) in [6, 6.07) is 0. The Morgan fingerprint density at radius 1 is 1.36 bits per heavy atom. The highest BCUT2D eigenvalue weighted by molar-refractivity contribution is 5.91. The number of carbonyl (C=O) groups excluding carboxylic acids is 1. The minimum Gasteiger partial charge on any atom is -0.295 e. The third-order valence-corrected chi connectivity index (χ3v) is 4.89. The molecule has 0 spiro atoms. The van der Waals surface area contributed by atoms with E-state index >= 15 is 0 Å². The molecule has 0 aliphatic heterocycles. The number of carbonyl (C=O) groups is 1. The summed E-state index contributed by atoms with van der Waals surface area (Å²) in [6.45, 7) is 7.04. The minimum absolute atomic E-state index is 0.364. The van der Waals surface area contributed by atoms with Crippen molar-refractivity contribution < 1.29 is 4.79 Å². The average molecular weight is 190 g/mol. The first kappa shape index (κ1) is 8.70. The second-order valence-corrected chi connectivity index (χ2v) is 6.05. The fraction of sp³-hybridized carbons (Fsp3) is 0.769. The Balaban J connectivity index is 1.96. The first-order valence-electron chi connectivity index (χ1n) is 5.75. The molecule has 3 rings (SSSR count). The summed E-state index contributed by atoms with van der Waals surface area (Å²) >= 11 is 0. The first-order chi connectivity index (χ1) is 6.51. The second kappa shape index (κ2) is 2.32. The van der Waals surface area contributed by atoms with E-state index in [2.05, 4.69) is 20.8 Å². The zero-order valence-electron chi connectivity index (χ0n) is 9.21. The molecule has 3 aliphatic rings. The molecule has 0 radical (unpaired) electrons. The topological polar surface area (TPSA) is 17.1 Å². The fourth-order valence-corrected chi connectivity index (χ4v) is 4.09. The van der Waals surface area contributed by atoms with Crippen molar-refractivity contribution >= 4 is 5.78 Å². The summed E-state index contributed by atoms with van der Waals surface area (Å²) in [4.78, 5) is 11.4. The molecule has 14 heavy (non-hydrogen) atoms. The fourth-order valence-electron chi connectivity index (χ4n) is 4.09. The van der Waals surface area contributed by atoms with Crippen LogP contribution in [0.4, 0.5) is 0 Å². The third kappa shape index (κ3) is 0.884. The lowest BCUT2D eigenvalue weighted by Crippen LogP contribution is -2.24. The molecule has 0 N–H and O–H groups in total. The third-order valence-electron chi connectivity index (χ3n) is 4.89. The van der Waals surface area contributed by atoms with Gasteiger partial charge in [-0.05, 0) is 41.6 Å². The molecule has 2 fully saturated rings. The van der Waals surface area contributed by atoms with Gasteiger partial charge in [-0.2, -0.15) is 0 Å². The first-order valence-corrected chi connectivity index (χ1v) is 5.75. The van der Waals surface area contributed by atoms with Crippen LogP contribution < -0.4 is 0 Å². The summed E-state index contributed by atoms with van der Waals surface area (Å²) in [5, 5.41) is 0. The van der Waals surface area contributed by atoms with Crippen molar-refractivity contribution in [3.05, 3.63) is 11.6 Å². The van der Waals surface area contributed by atoms with Crippen LogP contribution in [0.25, 0.3) is 0 Å². The van der Waals surface area contributed by atoms with Gasteiger partial charge in [0.15, 0.2) is 5.78 Å². The Bertz CT molecular complexity index is 337. The van der Waals surface area contributed by atoms with Crippen molar-refractivity contribution in [1.82, 2.24) is 0 Å². The molecule has 1 unspecified atom stereocenters. The van der Waals surface area contributed by atoms with Gasteiger partial charge in [0.2, 0.25) is 0 Å². The van der Waals surface area contributed by atoms with Gasteiger partial charge in [0.05, 0.1) is 0 Å². The van der Waals surface area contributed by atoms with E-state index < -0.39 is 0 Å². The summed E-state index contributed by atoms with van der Waals surface area (Å²) in [7, 11) is 0. The summed E-state index contributed by atoms with van der Waals surface area (Å²) < 4.78 is 0. The van der Waals surface area contributed by atoms with E-state index in [-0.39, 0.29) is 0 Å². The van der Waals surface area contributed by atoms with Gasteiger partial charge in [-0.25, -0.2) is 0 Å². The normalized spacial score (nSPS) is 48.2. The van der Waals surface area contributed by atoms with Crippen LogP contribution in [0.1, 0.15) is 33.6 Å². The molecular weight excluding hydrogens is 172 g/mol. The lowest BCUT2D eigenvalue weighted by atomic mass is 9.75. The highest BCUT2D eigenvalue weighted by Crippen LogP contribution is 2.72. The quantitative estimate of drug-likeness (QED) is 0.574. The molecular formula is C13H18O. The lowest BCUT2D eigenvalue weighted by Gasteiger charge is -2.29. The van der Waals surface area contributed by atoms with Crippen LogP contribution in [0.5, 0.6) is 0 Å². The van der Waals surface area contributed by atoms with E-state index in [0.29, 0.717) is 17.1 Å². The van der Waals surface area contributed by atoms with Crippen LogP contribution >= 0.6 is 0 Å². The smallest absolute Gasteiger partial charge is 0.155 e. The van der Waals surface area contributed by atoms with Crippen LogP contribution in [-0.2, 0) is 4.79 Å². The maximum absolute atomic E-state index is 11.4. The number of allylic oxidation sites excluding steroid dienone is 2. The van der Waals surface area contributed by atoms with Gasteiger partial charge in [0.1, 0.15) is 0 Å². The molecule has 0 aromatic rings. The largest absolute Gasteiger partial charge is 0.295 e. The molecule has 4 atom stereocenters. The molecule has 0 heterocycles. The highest BCUT2D eigenvalue weighted by atomic mass is 16.1. The van der Waals surface area contributed by atoms with Crippen molar-refractivity contribution in [3.8, 4) is 0 Å². The summed E-state index contributed by atoms with van der Waals surface area (Å²) in [5.74, 6) is 3.47. The summed E-state index contributed by atoms with van der Waals surface area (Å²) in [6.07, 6.45) is 3.94. The summed E-state index contributed by atoms with van der Waals surface area (Å²) in [5.41, 5.74) is 2.04. The SMILES string of the molecule is CC1CC(=O)C=C2C[C@@H]3[C@H]([C@@H]21)C3(C)C. The number of fused-ring (bicyclic) bond motifs is 3. The van der Waals surface area contributed by atoms with Crippen molar-refractivity contribution in [2.75, 3.05) is 0 Å². The van der Waals surface area contributed by atoms with Crippen LogP contribution in [0, 0.1) is 29.1 Å². The Labute approximate surface area is 85.6 Å². The maximum Gasteiger partial charge on any atom is 0.155 e. The maximum atomic E-state index is 11.4. The number of rotatable bonds is 0. The van der Waals surface area contributed by atoms with E-state index in [0.717, 1.165) is 24.2 Å². The predicted octanol–water partition coefficient (Wildman–Crippen LogP) is 2.81. The molecule has 0 aromatic carbocycles. The van der Waals surface area contributed by atoms with Crippen LogP contribution in [0.3, 0.4) is 0 Å². The molecule has 0 saturated heterocycles. The second-order valence-electron chi connectivity index (χ2n) is 6.05. The number of hydrogen-bond donors (Lipinski definition) is 0. The monoisotopic (exact) mass is 190 g/mol. The van der Waals surface area contributed by atoms with Gasteiger partial charge in [-0.3, -0.25) is 4.79 Å². The van der Waals surface area contributed by atoms with E-state index in [9.17, 15) is 4.79 Å². The minimum atomic E-state index is 0.364. The van der Waals surface area contributed by atoms with Crippen molar-refractivity contribution in [2.24, 2.45) is 29.1 Å². The molecule has 2 saturated carbocycles. The Morgan fingerprint density at radius 3 is 2.79 bits per heavy atom. The van der Waals surface area contributed by atoms with Gasteiger partial charge < -0.3 is 0 Å². The highest BCUT2D eigenvalue weighted by Gasteiger charge is 2.66. The zero-order chi connectivity index (χ0) is 10.1. The molecule has 0 bridgehead atoms. The molecule has 76 valence electrons. The zero-order valence-corrected chi connectivity index (χ0v) is 9.21. The predicted molar refractivity (Wildman–Crippen MR) is 55.7 cm³/mol. The van der Waals surface area contributed by atoms with Crippen molar-refractivity contribution in [3.63, 3.8) is 0 Å². The average Bonchev–Trinajstić information content (AvgIpc) is 2.48. The Kier molecular flexibility index (Phi) is 1.44. The van der Waals surface area contributed by atoms with Gasteiger partial charge >= 0.3 is 0 Å². The van der Waals surface area contributed by atoms with E-state index in [1.165, 1.54) is 12.0 Å². The van der Waals surface area contributed by atoms with E-state index in [1.54, 1.807) is 0 Å². The number of hydrogen-bond acceptors (Lipinski definition) is 1. The van der Waals surface area contributed by atoms with Crippen LogP contribution in [0.2, 0.25) is 0 Å². The van der Waals surface area contributed by atoms with Crippen molar-refractivity contribution in [1.29, 1.82) is 0 Å². The lowest BCUT2D eigenvalue weighted by molar-refractivity contribution is -0.116. The number of ketones is 1. The van der Waals surface area contributed by atoms with Gasteiger partial charge in [0.25, 0.3) is 0 Å². The van der Waals surface area contributed by atoms with Crippen LogP contribution in [-0.4, -0.2) is 5.78 Å². The molecule has 0 amide bonds.